The van der Waals surface area contributed by atoms with E-state index in [2.05, 4.69) is 15.9 Å². The lowest BCUT2D eigenvalue weighted by molar-refractivity contribution is -0.139. The summed E-state index contributed by atoms with van der Waals surface area (Å²) >= 11 is 0. The van der Waals surface area contributed by atoms with E-state index < -0.39 is 0 Å². The molecule has 0 spiro atoms. The van der Waals surface area contributed by atoms with Crippen LogP contribution in [0.5, 0.6) is 0 Å². The summed E-state index contributed by atoms with van der Waals surface area (Å²) in [5, 5.41) is 8.84. The predicted octanol–water partition coefficient (Wildman–Crippen LogP) is 0.824. The molecule has 120 valence electrons. The molecule has 2 bridgehead atoms. The fourth-order valence-corrected chi connectivity index (χ4v) is 3.30. The zero-order valence-electron chi connectivity index (χ0n) is 12.6. The van der Waals surface area contributed by atoms with Crippen LogP contribution in [0.3, 0.4) is 0 Å². The third-order valence-corrected chi connectivity index (χ3v) is 4.17. The van der Waals surface area contributed by atoms with Crippen molar-refractivity contribution in [2.45, 2.75) is 18.8 Å². The molecule has 2 unspecified atom stereocenters. The first-order chi connectivity index (χ1) is 10.3. The van der Waals surface area contributed by atoms with E-state index in [9.17, 15) is 0 Å². The van der Waals surface area contributed by atoms with Gasteiger partial charge in [0.15, 0.2) is 0 Å². The SMILES string of the molecule is Cl.N#Cc1ccc(CN2CC3CN(CCN)CC(C2)O3)cc1. The average Bonchev–Trinajstić information content (AvgIpc) is 2.47. The van der Waals surface area contributed by atoms with Crippen molar-refractivity contribution in [3.8, 4) is 6.07 Å². The third kappa shape index (κ3) is 4.19. The Hall–Kier alpha value is -1.16. The Morgan fingerprint density at radius 3 is 2.23 bits per heavy atom. The van der Waals surface area contributed by atoms with Crippen molar-refractivity contribution in [2.75, 3.05) is 39.3 Å². The molecule has 1 aromatic carbocycles. The van der Waals surface area contributed by atoms with Gasteiger partial charge in [0.25, 0.3) is 0 Å². The number of nitriles is 1. The van der Waals surface area contributed by atoms with Crippen molar-refractivity contribution >= 4 is 12.4 Å². The Bertz CT molecular complexity index is 502. The summed E-state index contributed by atoms with van der Waals surface area (Å²) in [6.45, 7) is 6.52. The van der Waals surface area contributed by atoms with E-state index in [1.165, 1.54) is 5.56 Å². The monoisotopic (exact) mass is 322 g/mol. The molecule has 2 heterocycles. The largest absolute Gasteiger partial charge is 0.370 e. The Morgan fingerprint density at radius 2 is 1.68 bits per heavy atom. The summed E-state index contributed by atoms with van der Waals surface area (Å²) in [5.74, 6) is 0. The minimum atomic E-state index is 0. The van der Waals surface area contributed by atoms with E-state index in [0.29, 0.717) is 18.8 Å². The Labute approximate surface area is 138 Å². The van der Waals surface area contributed by atoms with E-state index >= 15 is 0 Å². The molecule has 3 rings (SSSR count). The van der Waals surface area contributed by atoms with Gasteiger partial charge in [0, 0.05) is 45.8 Å². The van der Waals surface area contributed by atoms with Crippen molar-refractivity contribution in [3.05, 3.63) is 35.4 Å². The normalized spacial score (nSPS) is 25.3. The van der Waals surface area contributed by atoms with Crippen LogP contribution in [0.15, 0.2) is 24.3 Å². The molecule has 2 aliphatic heterocycles. The van der Waals surface area contributed by atoms with Gasteiger partial charge in [-0.15, -0.1) is 12.4 Å². The van der Waals surface area contributed by atoms with Gasteiger partial charge < -0.3 is 10.5 Å². The number of hydrogen-bond acceptors (Lipinski definition) is 5. The van der Waals surface area contributed by atoms with Gasteiger partial charge in [-0.05, 0) is 17.7 Å². The molecule has 1 aromatic rings. The molecule has 2 saturated heterocycles. The summed E-state index contributed by atoms with van der Waals surface area (Å²) in [6, 6.07) is 10.0. The van der Waals surface area contributed by atoms with Crippen molar-refractivity contribution in [1.82, 2.24) is 9.80 Å². The molecule has 6 heteroatoms. The second-order valence-electron chi connectivity index (χ2n) is 5.93. The fraction of sp³-hybridized carbons (Fsp3) is 0.562. The molecule has 0 amide bonds. The lowest BCUT2D eigenvalue weighted by Crippen LogP contribution is -2.59. The van der Waals surface area contributed by atoms with Gasteiger partial charge in [-0.25, -0.2) is 0 Å². The van der Waals surface area contributed by atoms with Crippen LogP contribution in [0.25, 0.3) is 0 Å². The summed E-state index contributed by atoms with van der Waals surface area (Å²) in [7, 11) is 0. The average molecular weight is 323 g/mol. The van der Waals surface area contributed by atoms with Gasteiger partial charge in [-0.3, -0.25) is 9.80 Å². The minimum absolute atomic E-state index is 0. The van der Waals surface area contributed by atoms with Crippen LogP contribution >= 0.6 is 12.4 Å². The fourth-order valence-electron chi connectivity index (χ4n) is 3.30. The number of morpholine rings is 2. The first kappa shape index (κ1) is 17.2. The third-order valence-electron chi connectivity index (χ3n) is 4.17. The molecule has 0 saturated carbocycles. The van der Waals surface area contributed by atoms with Gasteiger partial charge in [0.05, 0.1) is 23.8 Å². The van der Waals surface area contributed by atoms with Crippen LogP contribution in [0, 0.1) is 11.3 Å². The topological polar surface area (TPSA) is 65.5 Å². The summed E-state index contributed by atoms with van der Waals surface area (Å²) in [4.78, 5) is 4.87. The maximum absolute atomic E-state index is 8.84. The van der Waals surface area contributed by atoms with Crippen molar-refractivity contribution in [1.29, 1.82) is 5.26 Å². The number of fused-ring (bicyclic) bond motifs is 2. The number of rotatable bonds is 4. The van der Waals surface area contributed by atoms with Crippen LogP contribution < -0.4 is 5.73 Å². The molecule has 0 radical (unpaired) electrons. The summed E-state index contributed by atoms with van der Waals surface area (Å²) in [6.07, 6.45) is 0.588. The molecule has 0 aliphatic carbocycles. The first-order valence-corrected chi connectivity index (χ1v) is 7.56. The Morgan fingerprint density at radius 1 is 1.09 bits per heavy atom. The molecule has 2 N–H and O–H groups in total. The summed E-state index contributed by atoms with van der Waals surface area (Å²) in [5.41, 5.74) is 7.62. The van der Waals surface area contributed by atoms with Gasteiger partial charge in [0.2, 0.25) is 0 Å². The number of nitrogens with two attached hydrogens (primary N) is 1. The molecule has 2 fully saturated rings. The van der Waals surface area contributed by atoms with Crippen LogP contribution in [0.1, 0.15) is 11.1 Å². The number of nitrogens with zero attached hydrogens (tertiary/aromatic N) is 3. The number of benzene rings is 1. The van der Waals surface area contributed by atoms with Gasteiger partial charge >= 0.3 is 0 Å². The van der Waals surface area contributed by atoms with Crippen molar-refractivity contribution in [3.63, 3.8) is 0 Å². The zero-order valence-corrected chi connectivity index (χ0v) is 13.5. The van der Waals surface area contributed by atoms with E-state index in [1.807, 2.05) is 24.3 Å². The summed E-state index contributed by atoms with van der Waals surface area (Å²) < 4.78 is 6.04. The second kappa shape index (κ2) is 7.91. The van der Waals surface area contributed by atoms with Crippen LogP contribution in [0.2, 0.25) is 0 Å². The zero-order chi connectivity index (χ0) is 14.7. The number of hydrogen-bond donors (Lipinski definition) is 1. The van der Waals surface area contributed by atoms with Gasteiger partial charge in [0.1, 0.15) is 0 Å². The van der Waals surface area contributed by atoms with E-state index in [-0.39, 0.29) is 12.4 Å². The molecule has 2 aliphatic rings. The number of halogens is 1. The lowest BCUT2D eigenvalue weighted by Gasteiger charge is -2.45. The van der Waals surface area contributed by atoms with E-state index in [4.69, 9.17) is 15.7 Å². The van der Waals surface area contributed by atoms with Crippen LogP contribution in [0.4, 0.5) is 0 Å². The van der Waals surface area contributed by atoms with Crippen LogP contribution in [-0.4, -0.2) is 61.3 Å². The highest BCUT2D eigenvalue weighted by molar-refractivity contribution is 5.85. The lowest BCUT2D eigenvalue weighted by atomic mass is 10.1. The molecular formula is C16H23ClN4O. The van der Waals surface area contributed by atoms with Gasteiger partial charge in [-0.1, -0.05) is 12.1 Å². The highest BCUT2D eigenvalue weighted by atomic mass is 35.5. The Kier molecular flexibility index (Phi) is 6.18. The second-order valence-corrected chi connectivity index (χ2v) is 5.93. The standard InChI is InChI=1S/C16H22N4O.ClH/c17-5-6-19-9-15-11-20(12-16(10-19)21-15)8-14-3-1-13(7-18)2-4-14;/h1-4,15-16H,5-6,8-12,17H2;1H. The minimum Gasteiger partial charge on any atom is -0.370 e. The van der Waals surface area contributed by atoms with Crippen molar-refractivity contribution in [2.24, 2.45) is 5.73 Å². The molecule has 22 heavy (non-hydrogen) atoms. The van der Waals surface area contributed by atoms with Crippen LogP contribution in [-0.2, 0) is 11.3 Å². The number of ether oxygens (including phenoxy) is 1. The first-order valence-electron chi connectivity index (χ1n) is 7.56. The Balaban J connectivity index is 0.00000176. The maximum Gasteiger partial charge on any atom is 0.0991 e. The van der Waals surface area contributed by atoms with Crippen molar-refractivity contribution < 1.29 is 4.74 Å². The molecule has 2 atom stereocenters. The molecular weight excluding hydrogens is 300 g/mol. The van der Waals surface area contributed by atoms with Gasteiger partial charge in [-0.2, -0.15) is 5.26 Å². The quantitative estimate of drug-likeness (QED) is 0.889. The molecule has 0 aromatic heterocycles. The predicted molar refractivity (Wildman–Crippen MR) is 87.8 cm³/mol. The van der Waals surface area contributed by atoms with E-state index in [0.717, 1.165) is 44.8 Å². The highest BCUT2D eigenvalue weighted by Crippen LogP contribution is 2.20. The smallest absolute Gasteiger partial charge is 0.0991 e. The molecule has 5 nitrogen and oxygen atoms in total. The highest BCUT2D eigenvalue weighted by Gasteiger charge is 2.34. The van der Waals surface area contributed by atoms with E-state index in [1.54, 1.807) is 0 Å². The maximum atomic E-state index is 8.84.